The van der Waals surface area contributed by atoms with Crippen LogP contribution in [0.2, 0.25) is 0 Å². The maximum Gasteiger partial charge on any atom is 0.148 e. The maximum absolute atomic E-state index is 11.1. The molecule has 0 saturated heterocycles. The van der Waals surface area contributed by atoms with Crippen molar-refractivity contribution in [1.82, 2.24) is 10.2 Å². The lowest BCUT2D eigenvalue weighted by Gasteiger charge is -2.03. The lowest BCUT2D eigenvalue weighted by molar-refractivity contribution is 0.684. The van der Waals surface area contributed by atoms with Crippen LogP contribution >= 0.6 is 0 Å². The third-order valence-electron chi connectivity index (χ3n) is 1.75. The summed E-state index contributed by atoms with van der Waals surface area (Å²) in [6, 6.07) is 1.92. The third kappa shape index (κ3) is 3.83. The van der Waals surface area contributed by atoms with Crippen molar-refractivity contribution in [2.45, 2.75) is 13.8 Å². The number of aryl methyl sites for hydroxylation is 1. The Hall–Kier alpha value is -0.970. The molecule has 0 bridgehead atoms. The Labute approximate surface area is 86.6 Å². The molecule has 14 heavy (non-hydrogen) atoms. The Morgan fingerprint density at radius 2 is 2.36 bits per heavy atom. The Morgan fingerprint density at radius 1 is 1.57 bits per heavy atom. The predicted molar refractivity (Wildman–Crippen MR) is 58.8 cm³/mol. The van der Waals surface area contributed by atoms with Crippen LogP contribution in [0.4, 0.5) is 5.82 Å². The Bertz CT molecular complexity index is 317. The molecule has 0 aliphatic heterocycles. The SMILES string of the molecule is CCS(=O)CCNc1cc(C)cnn1. The van der Waals surface area contributed by atoms with E-state index >= 15 is 0 Å². The second kappa shape index (κ2) is 5.70. The molecule has 0 radical (unpaired) electrons. The smallest absolute Gasteiger partial charge is 0.148 e. The summed E-state index contributed by atoms with van der Waals surface area (Å²) < 4.78 is 11.1. The first-order chi connectivity index (χ1) is 6.72. The fourth-order valence-corrected chi connectivity index (χ4v) is 1.61. The molecule has 78 valence electrons. The first kappa shape index (κ1) is 11.1. The largest absolute Gasteiger partial charge is 0.368 e. The number of hydrogen-bond acceptors (Lipinski definition) is 4. The third-order valence-corrected chi connectivity index (χ3v) is 3.05. The fraction of sp³-hybridized carbons (Fsp3) is 0.556. The number of anilines is 1. The molecule has 0 fully saturated rings. The summed E-state index contributed by atoms with van der Waals surface area (Å²) >= 11 is 0. The molecule has 0 saturated carbocycles. The van der Waals surface area contributed by atoms with Crippen molar-refractivity contribution in [2.24, 2.45) is 0 Å². The summed E-state index contributed by atoms with van der Waals surface area (Å²) in [5, 5.41) is 10.8. The second-order valence-corrected chi connectivity index (χ2v) is 4.84. The van der Waals surface area contributed by atoms with Gasteiger partial charge in [0.15, 0.2) is 0 Å². The highest BCUT2D eigenvalue weighted by molar-refractivity contribution is 7.84. The Morgan fingerprint density at radius 3 is 3.00 bits per heavy atom. The molecule has 5 heteroatoms. The van der Waals surface area contributed by atoms with Gasteiger partial charge in [0.2, 0.25) is 0 Å². The lowest BCUT2D eigenvalue weighted by atomic mass is 10.3. The van der Waals surface area contributed by atoms with Crippen LogP contribution in [0.25, 0.3) is 0 Å². The van der Waals surface area contributed by atoms with Gasteiger partial charge in [-0.3, -0.25) is 4.21 Å². The van der Waals surface area contributed by atoms with E-state index in [0.717, 1.165) is 11.4 Å². The molecule has 0 aliphatic rings. The normalized spacial score (nSPS) is 12.4. The van der Waals surface area contributed by atoms with E-state index in [2.05, 4.69) is 15.5 Å². The van der Waals surface area contributed by atoms with Gasteiger partial charge in [-0.25, -0.2) is 0 Å². The molecule has 1 aromatic heterocycles. The zero-order valence-corrected chi connectivity index (χ0v) is 9.30. The van der Waals surface area contributed by atoms with Gasteiger partial charge in [0.05, 0.1) is 6.20 Å². The minimum Gasteiger partial charge on any atom is -0.368 e. The van der Waals surface area contributed by atoms with E-state index in [1.807, 2.05) is 19.9 Å². The van der Waals surface area contributed by atoms with Gasteiger partial charge >= 0.3 is 0 Å². The molecule has 1 heterocycles. The molecule has 0 aromatic carbocycles. The van der Waals surface area contributed by atoms with E-state index in [9.17, 15) is 4.21 Å². The second-order valence-electron chi connectivity index (χ2n) is 2.98. The van der Waals surface area contributed by atoms with Crippen LogP contribution in [-0.4, -0.2) is 32.5 Å². The van der Waals surface area contributed by atoms with Crippen LogP contribution in [0.3, 0.4) is 0 Å². The number of rotatable bonds is 5. The van der Waals surface area contributed by atoms with Gasteiger partial charge in [0, 0.05) is 28.9 Å². The summed E-state index contributed by atoms with van der Waals surface area (Å²) in [5.41, 5.74) is 1.07. The Balaban J connectivity index is 2.35. The van der Waals surface area contributed by atoms with Crippen molar-refractivity contribution in [1.29, 1.82) is 0 Å². The summed E-state index contributed by atoms with van der Waals surface area (Å²) in [6.45, 7) is 4.56. The zero-order chi connectivity index (χ0) is 10.4. The van der Waals surface area contributed by atoms with Crippen LogP contribution < -0.4 is 5.32 Å². The van der Waals surface area contributed by atoms with E-state index in [1.54, 1.807) is 6.20 Å². The van der Waals surface area contributed by atoms with Crippen molar-refractivity contribution >= 4 is 16.6 Å². The summed E-state index contributed by atoms with van der Waals surface area (Å²) in [7, 11) is -0.717. The molecule has 0 aliphatic carbocycles. The van der Waals surface area contributed by atoms with E-state index in [-0.39, 0.29) is 0 Å². The topological polar surface area (TPSA) is 54.9 Å². The first-order valence-corrected chi connectivity index (χ1v) is 6.09. The molecule has 1 rings (SSSR count). The van der Waals surface area contributed by atoms with E-state index in [1.165, 1.54) is 0 Å². The highest BCUT2D eigenvalue weighted by Gasteiger charge is 1.97. The molecule has 1 unspecified atom stereocenters. The van der Waals surface area contributed by atoms with Gasteiger partial charge in [-0.2, -0.15) is 5.10 Å². The molecule has 0 spiro atoms. The molecule has 1 atom stereocenters. The fourth-order valence-electron chi connectivity index (χ4n) is 0.988. The first-order valence-electron chi connectivity index (χ1n) is 4.60. The van der Waals surface area contributed by atoms with Crippen LogP contribution in [0.1, 0.15) is 12.5 Å². The molecular formula is C9H15N3OS. The van der Waals surface area contributed by atoms with Gasteiger partial charge in [-0.05, 0) is 18.6 Å². The monoisotopic (exact) mass is 213 g/mol. The van der Waals surface area contributed by atoms with Crippen molar-refractivity contribution in [2.75, 3.05) is 23.4 Å². The summed E-state index contributed by atoms with van der Waals surface area (Å²) in [4.78, 5) is 0. The quantitative estimate of drug-likeness (QED) is 0.791. The van der Waals surface area contributed by atoms with Gasteiger partial charge in [0.1, 0.15) is 5.82 Å². The van der Waals surface area contributed by atoms with Gasteiger partial charge in [0.25, 0.3) is 0 Å². The van der Waals surface area contributed by atoms with Crippen LogP contribution in [0, 0.1) is 6.92 Å². The van der Waals surface area contributed by atoms with E-state index in [4.69, 9.17) is 0 Å². The highest BCUT2D eigenvalue weighted by Crippen LogP contribution is 2.02. The number of aromatic nitrogens is 2. The van der Waals surface area contributed by atoms with Crippen molar-refractivity contribution in [3.05, 3.63) is 17.8 Å². The Kier molecular flexibility index (Phi) is 4.52. The standard InChI is InChI=1S/C9H15N3OS/c1-3-14(13)5-4-10-9-6-8(2)7-11-12-9/h6-7H,3-5H2,1-2H3,(H,10,12). The summed E-state index contributed by atoms with van der Waals surface area (Å²) in [6.07, 6.45) is 1.70. The number of nitrogens with zero attached hydrogens (tertiary/aromatic N) is 2. The molecule has 1 aromatic rings. The van der Waals surface area contributed by atoms with E-state index < -0.39 is 10.8 Å². The van der Waals surface area contributed by atoms with Crippen molar-refractivity contribution < 1.29 is 4.21 Å². The van der Waals surface area contributed by atoms with Gasteiger partial charge < -0.3 is 5.32 Å². The highest BCUT2D eigenvalue weighted by atomic mass is 32.2. The molecule has 1 N–H and O–H groups in total. The number of nitrogens with one attached hydrogen (secondary N) is 1. The predicted octanol–water partition coefficient (Wildman–Crippen LogP) is 0.966. The van der Waals surface area contributed by atoms with Crippen molar-refractivity contribution in [3.63, 3.8) is 0 Å². The number of hydrogen-bond donors (Lipinski definition) is 1. The van der Waals surface area contributed by atoms with E-state index in [0.29, 0.717) is 18.1 Å². The maximum atomic E-state index is 11.1. The van der Waals surface area contributed by atoms with Crippen molar-refractivity contribution in [3.8, 4) is 0 Å². The van der Waals surface area contributed by atoms with Crippen LogP contribution in [0.5, 0.6) is 0 Å². The average molecular weight is 213 g/mol. The minimum atomic E-state index is -0.717. The summed E-state index contributed by atoms with van der Waals surface area (Å²) in [5.74, 6) is 2.12. The van der Waals surface area contributed by atoms with Gasteiger partial charge in [-0.15, -0.1) is 5.10 Å². The van der Waals surface area contributed by atoms with Crippen LogP contribution in [0.15, 0.2) is 12.3 Å². The molecule has 4 nitrogen and oxygen atoms in total. The van der Waals surface area contributed by atoms with Crippen LogP contribution in [-0.2, 0) is 10.8 Å². The zero-order valence-electron chi connectivity index (χ0n) is 8.49. The molecular weight excluding hydrogens is 198 g/mol. The molecule has 0 amide bonds. The minimum absolute atomic E-state index is 0.659. The average Bonchev–Trinajstić information content (AvgIpc) is 2.17. The van der Waals surface area contributed by atoms with Gasteiger partial charge in [-0.1, -0.05) is 6.92 Å². The lowest BCUT2D eigenvalue weighted by Crippen LogP contribution is -2.13.